The van der Waals surface area contributed by atoms with Gasteiger partial charge in [-0.25, -0.2) is 4.79 Å². The molecule has 2 aliphatic rings. The van der Waals surface area contributed by atoms with Crippen LogP contribution >= 0.6 is 0 Å². The van der Waals surface area contributed by atoms with Crippen LogP contribution in [0.3, 0.4) is 0 Å². The van der Waals surface area contributed by atoms with Crippen molar-refractivity contribution in [2.24, 2.45) is 0 Å². The third kappa shape index (κ3) is 2.12. The SMILES string of the molecule is CC1(C)C=C(C(=O)ON2C(=O)CCC2=O)C(C)(C)N1O. The molecule has 2 amide bonds. The lowest BCUT2D eigenvalue weighted by Crippen LogP contribution is -2.49. The topological polar surface area (TPSA) is 87.2 Å². The highest BCUT2D eigenvalue weighted by molar-refractivity contribution is 6.03. The maximum Gasteiger partial charge on any atom is 0.361 e. The number of imide groups is 1. The molecule has 2 heterocycles. The van der Waals surface area contributed by atoms with E-state index < -0.39 is 28.9 Å². The molecule has 7 heteroatoms. The first-order valence-corrected chi connectivity index (χ1v) is 6.38. The Morgan fingerprint density at radius 2 is 1.70 bits per heavy atom. The van der Waals surface area contributed by atoms with Crippen molar-refractivity contribution in [1.29, 1.82) is 0 Å². The fourth-order valence-corrected chi connectivity index (χ4v) is 2.52. The van der Waals surface area contributed by atoms with Crippen LogP contribution in [0.1, 0.15) is 40.5 Å². The average molecular weight is 282 g/mol. The van der Waals surface area contributed by atoms with Gasteiger partial charge in [0.25, 0.3) is 11.8 Å². The molecule has 2 rings (SSSR count). The number of carbonyl (C=O) groups is 3. The zero-order valence-electron chi connectivity index (χ0n) is 12.0. The summed E-state index contributed by atoms with van der Waals surface area (Å²) in [6.07, 6.45) is 1.67. The molecule has 0 atom stereocenters. The van der Waals surface area contributed by atoms with Crippen LogP contribution in [-0.4, -0.2) is 44.2 Å². The predicted molar refractivity (Wildman–Crippen MR) is 67.0 cm³/mol. The molecule has 0 aliphatic carbocycles. The highest BCUT2D eigenvalue weighted by Crippen LogP contribution is 2.38. The lowest BCUT2D eigenvalue weighted by atomic mass is 9.97. The summed E-state index contributed by atoms with van der Waals surface area (Å²) in [5.74, 6) is -1.86. The van der Waals surface area contributed by atoms with Crippen LogP contribution in [0.4, 0.5) is 0 Å². The van der Waals surface area contributed by atoms with Crippen molar-refractivity contribution in [3.8, 4) is 0 Å². The second-order valence-electron chi connectivity index (χ2n) is 6.04. The molecule has 7 nitrogen and oxygen atoms in total. The van der Waals surface area contributed by atoms with Crippen LogP contribution in [0.5, 0.6) is 0 Å². The highest BCUT2D eigenvalue weighted by atomic mass is 16.7. The maximum atomic E-state index is 12.2. The number of rotatable bonds is 2. The first-order chi connectivity index (χ1) is 9.07. The van der Waals surface area contributed by atoms with Gasteiger partial charge < -0.3 is 10.0 Å². The molecule has 0 aromatic carbocycles. The molecule has 110 valence electrons. The van der Waals surface area contributed by atoms with Gasteiger partial charge in [-0.1, -0.05) is 6.08 Å². The molecule has 0 aromatic rings. The van der Waals surface area contributed by atoms with Crippen LogP contribution in [0, 0.1) is 0 Å². The summed E-state index contributed by atoms with van der Waals surface area (Å²) in [6, 6.07) is 0. The van der Waals surface area contributed by atoms with E-state index in [2.05, 4.69) is 0 Å². The molecule has 0 aromatic heterocycles. The quantitative estimate of drug-likeness (QED) is 0.753. The summed E-state index contributed by atoms with van der Waals surface area (Å²) >= 11 is 0. The Morgan fingerprint density at radius 3 is 2.10 bits per heavy atom. The van der Waals surface area contributed by atoms with Gasteiger partial charge in [-0.15, -0.1) is 5.06 Å². The van der Waals surface area contributed by atoms with E-state index in [9.17, 15) is 19.6 Å². The Kier molecular flexibility index (Phi) is 3.22. The summed E-state index contributed by atoms with van der Waals surface area (Å²) in [6.45, 7) is 6.79. The van der Waals surface area contributed by atoms with E-state index in [4.69, 9.17) is 4.84 Å². The minimum atomic E-state index is -0.966. The van der Waals surface area contributed by atoms with Crippen molar-refractivity contribution >= 4 is 17.8 Å². The van der Waals surface area contributed by atoms with Gasteiger partial charge in [-0.2, -0.15) is 5.06 Å². The standard InChI is InChI=1S/C13H18N2O5/c1-12(2)7-8(13(3,4)15(12)19)11(18)20-14-9(16)5-6-10(14)17/h7,19H,5-6H2,1-4H3. The van der Waals surface area contributed by atoms with E-state index in [0.29, 0.717) is 5.06 Å². The van der Waals surface area contributed by atoms with Crippen molar-refractivity contribution in [1.82, 2.24) is 10.1 Å². The second kappa shape index (κ2) is 4.39. The Labute approximate surface area is 116 Å². The monoisotopic (exact) mass is 282 g/mol. The number of hydroxylamine groups is 4. The number of nitrogens with zero attached hydrogens (tertiary/aromatic N) is 2. The van der Waals surface area contributed by atoms with E-state index in [1.165, 1.54) is 0 Å². The Bertz CT molecular complexity index is 505. The molecule has 0 radical (unpaired) electrons. The van der Waals surface area contributed by atoms with Crippen LogP contribution < -0.4 is 0 Å². The van der Waals surface area contributed by atoms with Gasteiger partial charge in [0.05, 0.1) is 16.7 Å². The molecule has 0 saturated carbocycles. The van der Waals surface area contributed by atoms with Crippen LogP contribution in [-0.2, 0) is 19.2 Å². The molecule has 20 heavy (non-hydrogen) atoms. The number of hydrogen-bond donors (Lipinski definition) is 1. The molecule has 1 saturated heterocycles. The molecule has 0 spiro atoms. The van der Waals surface area contributed by atoms with E-state index >= 15 is 0 Å². The Balaban J connectivity index is 2.22. The van der Waals surface area contributed by atoms with Crippen molar-refractivity contribution < 1.29 is 24.4 Å². The summed E-state index contributed by atoms with van der Waals surface area (Å²) < 4.78 is 0. The van der Waals surface area contributed by atoms with Crippen molar-refractivity contribution in [2.75, 3.05) is 0 Å². The molecular weight excluding hydrogens is 264 g/mol. The normalized spacial score (nSPS) is 25.1. The van der Waals surface area contributed by atoms with Gasteiger partial charge in [-0.3, -0.25) is 9.59 Å². The zero-order valence-corrected chi connectivity index (χ0v) is 12.0. The lowest BCUT2D eigenvalue weighted by Gasteiger charge is -2.35. The molecule has 2 aliphatic heterocycles. The molecule has 0 unspecified atom stereocenters. The first kappa shape index (κ1) is 14.7. The van der Waals surface area contributed by atoms with Gasteiger partial charge in [-0.05, 0) is 27.7 Å². The summed E-state index contributed by atoms with van der Waals surface area (Å²) in [7, 11) is 0. The second-order valence-corrected chi connectivity index (χ2v) is 6.04. The lowest BCUT2D eigenvalue weighted by molar-refractivity contribution is -0.201. The minimum absolute atomic E-state index is 0.0478. The maximum absolute atomic E-state index is 12.2. The number of hydrogen-bond acceptors (Lipinski definition) is 6. The smallest absolute Gasteiger partial charge is 0.325 e. The first-order valence-electron chi connectivity index (χ1n) is 6.38. The van der Waals surface area contributed by atoms with Gasteiger partial charge in [0, 0.05) is 12.8 Å². The largest absolute Gasteiger partial charge is 0.361 e. The fourth-order valence-electron chi connectivity index (χ4n) is 2.52. The van der Waals surface area contributed by atoms with E-state index in [0.717, 1.165) is 5.06 Å². The van der Waals surface area contributed by atoms with E-state index in [1.807, 2.05) is 0 Å². The minimum Gasteiger partial charge on any atom is -0.325 e. The third-order valence-electron chi connectivity index (χ3n) is 3.63. The summed E-state index contributed by atoms with van der Waals surface area (Å²) in [5.41, 5.74) is -1.50. The van der Waals surface area contributed by atoms with Crippen molar-refractivity contribution in [3.05, 3.63) is 11.6 Å². The van der Waals surface area contributed by atoms with Gasteiger partial charge >= 0.3 is 5.97 Å². The van der Waals surface area contributed by atoms with Gasteiger partial charge in [0.1, 0.15) is 0 Å². The van der Waals surface area contributed by atoms with Crippen molar-refractivity contribution in [2.45, 2.75) is 51.6 Å². The average Bonchev–Trinajstić information content (AvgIpc) is 2.73. The molecular formula is C13H18N2O5. The summed E-state index contributed by atoms with van der Waals surface area (Å²) in [4.78, 5) is 39.9. The van der Waals surface area contributed by atoms with Crippen LogP contribution in [0.15, 0.2) is 11.6 Å². The molecule has 1 N–H and O–H groups in total. The van der Waals surface area contributed by atoms with Crippen molar-refractivity contribution in [3.63, 3.8) is 0 Å². The van der Waals surface area contributed by atoms with E-state index in [1.54, 1.807) is 33.8 Å². The van der Waals surface area contributed by atoms with E-state index in [-0.39, 0.29) is 18.4 Å². The highest BCUT2D eigenvalue weighted by Gasteiger charge is 2.49. The van der Waals surface area contributed by atoms with Crippen LogP contribution in [0.2, 0.25) is 0 Å². The fraction of sp³-hybridized carbons (Fsp3) is 0.615. The molecule has 0 bridgehead atoms. The number of carbonyl (C=O) groups excluding carboxylic acids is 3. The van der Waals surface area contributed by atoms with Gasteiger partial charge in [0.2, 0.25) is 0 Å². The summed E-state index contributed by atoms with van der Waals surface area (Å²) in [5, 5.41) is 11.6. The zero-order chi connectivity index (χ0) is 15.3. The Hall–Kier alpha value is -1.73. The Morgan fingerprint density at radius 1 is 1.20 bits per heavy atom. The van der Waals surface area contributed by atoms with Gasteiger partial charge in [0.15, 0.2) is 0 Å². The number of amides is 2. The third-order valence-corrected chi connectivity index (χ3v) is 3.63. The predicted octanol–water partition coefficient (Wildman–Crippen LogP) is 0.782. The molecule has 1 fully saturated rings. The van der Waals surface area contributed by atoms with Crippen LogP contribution in [0.25, 0.3) is 0 Å².